The van der Waals surface area contributed by atoms with Crippen molar-refractivity contribution >= 4 is 18.5 Å². The third kappa shape index (κ3) is 5.50. The van der Waals surface area contributed by atoms with Gasteiger partial charge in [-0.3, -0.25) is 0 Å². The van der Waals surface area contributed by atoms with E-state index < -0.39 is 0 Å². The summed E-state index contributed by atoms with van der Waals surface area (Å²) in [6.45, 7) is 6.65. The van der Waals surface area contributed by atoms with E-state index in [2.05, 4.69) is 20.8 Å². The van der Waals surface area contributed by atoms with Gasteiger partial charge in [0.2, 0.25) is 0 Å². The highest BCUT2D eigenvalue weighted by molar-refractivity contribution is 7.84. The van der Waals surface area contributed by atoms with Gasteiger partial charge in [0.25, 0.3) is 0 Å². The van der Waals surface area contributed by atoms with Crippen molar-refractivity contribution in [3.8, 4) is 0 Å². The Morgan fingerprint density at radius 2 is 1.90 bits per heavy atom. The molecule has 0 heterocycles. The van der Waals surface area contributed by atoms with Crippen molar-refractivity contribution in [1.29, 1.82) is 0 Å². The Hall–Kier alpha value is 0.720. The molecular weight excluding hydrogens is 163 g/mol. The van der Waals surface area contributed by atoms with Crippen LogP contribution in [0.5, 0.6) is 0 Å². The van der Waals surface area contributed by atoms with Gasteiger partial charge in [0.05, 0.1) is 0 Å². The van der Waals surface area contributed by atoms with Gasteiger partial charge in [-0.2, -0.15) is 0 Å². The summed E-state index contributed by atoms with van der Waals surface area (Å²) in [5.74, 6) is 0. The van der Waals surface area contributed by atoms with Crippen molar-refractivity contribution in [3.63, 3.8) is 0 Å². The van der Waals surface area contributed by atoms with Crippen LogP contribution in [0.15, 0.2) is 0 Å². The van der Waals surface area contributed by atoms with Crippen molar-refractivity contribution in [2.75, 3.05) is 6.16 Å². The zero-order valence-electron chi connectivity index (χ0n) is 7.23. The lowest BCUT2D eigenvalue weighted by Crippen LogP contribution is -1.91. The minimum atomic E-state index is -0.179. The summed E-state index contributed by atoms with van der Waals surface area (Å²) >= 11 is 6.12. The standard InChI is InChI=1S/C8H18ClP/c1-4-5-6-7-10(9)8(2)3/h8H,4-7H2,1-3H3. The molecule has 0 amide bonds. The van der Waals surface area contributed by atoms with Crippen molar-refractivity contribution in [2.24, 2.45) is 0 Å². The molecule has 0 radical (unpaired) electrons. The molecule has 0 aromatic heterocycles. The van der Waals surface area contributed by atoms with Gasteiger partial charge in [0.15, 0.2) is 0 Å². The minimum Gasteiger partial charge on any atom is -0.0962 e. The van der Waals surface area contributed by atoms with Crippen LogP contribution in [-0.4, -0.2) is 11.8 Å². The average molecular weight is 181 g/mol. The maximum Gasteiger partial charge on any atom is -0.00712 e. The van der Waals surface area contributed by atoms with Gasteiger partial charge < -0.3 is 0 Å². The van der Waals surface area contributed by atoms with Gasteiger partial charge in [0, 0.05) is 0 Å². The van der Waals surface area contributed by atoms with Gasteiger partial charge in [-0.15, -0.1) is 0 Å². The molecular formula is C8H18ClP. The molecule has 0 N–H and O–H groups in total. The first kappa shape index (κ1) is 10.7. The fraction of sp³-hybridized carbons (Fsp3) is 1.00. The monoisotopic (exact) mass is 180 g/mol. The van der Waals surface area contributed by atoms with E-state index in [1.54, 1.807) is 0 Å². The second kappa shape index (κ2) is 6.43. The smallest absolute Gasteiger partial charge is 0.00712 e. The van der Waals surface area contributed by atoms with E-state index in [4.69, 9.17) is 11.2 Å². The van der Waals surface area contributed by atoms with Gasteiger partial charge in [-0.25, -0.2) is 0 Å². The molecule has 0 aromatic carbocycles. The molecule has 1 atom stereocenters. The Kier molecular flexibility index (Phi) is 6.89. The van der Waals surface area contributed by atoms with E-state index in [0.29, 0.717) is 5.66 Å². The molecule has 0 saturated carbocycles. The van der Waals surface area contributed by atoms with Crippen LogP contribution < -0.4 is 0 Å². The summed E-state index contributed by atoms with van der Waals surface area (Å²) in [6.07, 6.45) is 5.22. The molecule has 0 saturated heterocycles. The summed E-state index contributed by atoms with van der Waals surface area (Å²) in [7, 11) is -0.179. The zero-order valence-corrected chi connectivity index (χ0v) is 8.88. The molecule has 0 fully saturated rings. The minimum absolute atomic E-state index is 0.179. The molecule has 0 aromatic rings. The van der Waals surface area contributed by atoms with E-state index >= 15 is 0 Å². The highest BCUT2D eigenvalue weighted by Gasteiger charge is 2.07. The first-order valence-electron chi connectivity index (χ1n) is 4.11. The molecule has 1 unspecified atom stereocenters. The summed E-state index contributed by atoms with van der Waals surface area (Å²) < 4.78 is 0. The van der Waals surface area contributed by atoms with E-state index in [1.165, 1.54) is 25.4 Å². The lowest BCUT2D eigenvalue weighted by atomic mass is 10.3. The normalized spacial score (nSPS) is 14.1. The highest BCUT2D eigenvalue weighted by Crippen LogP contribution is 2.46. The Balaban J connectivity index is 3.13. The number of hydrogen-bond acceptors (Lipinski definition) is 0. The predicted octanol–water partition coefficient (Wildman–Crippen LogP) is 4.22. The van der Waals surface area contributed by atoms with E-state index in [1.807, 2.05) is 0 Å². The van der Waals surface area contributed by atoms with Crippen LogP contribution in [0.3, 0.4) is 0 Å². The van der Waals surface area contributed by atoms with Crippen LogP contribution in [-0.2, 0) is 0 Å². The summed E-state index contributed by atoms with van der Waals surface area (Å²) in [5, 5.41) is 0. The van der Waals surface area contributed by atoms with Crippen molar-refractivity contribution in [1.82, 2.24) is 0 Å². The number of hydrogen-bond donors (Lipinski definition) is 0. The van der Waals surface area contributed by atoms with Crippen LogP contribution in [0.1, 0.15) is 40.0 Å². The third-order valence-electron chi connectivity index (χ3n) is 1.54. The molecule has 0 nitrogen and oxygen atoms in total. The first-order chi connectivity index (χ1) is 4.68. The van der Waals surface area contributed by atoms with Crippen LogP contribution in [0.25, 0.3) is 0 Å². The van der Waals surface area contributed by atoms with E-state index in [-0.39, 0.29) is 7.27 Å². The SMILES string of the molecule is CCCCCP(Cl)C(C)C. The second-order valence-electron chi connectivity index (χ2n) is 2.92. The highest BCUT2D eigenvalue weighted by atomic mass is 35.7. The average Bonchev–Trinajstić information content (AvgIpc) is 1.88. The fourth-order valence-electron chi connectivity index (χ4n) is 0.771. The molecule has 0 aliphatic carbocycles. The molecule has 0 rings (SSSR count). The largest absolute Gasteiger partial charge is 0.0962 e. The molecule has 2 heteroatoms. The zero-order chi connectivity index (χ0) is 7.98. The Labute approximate surface area is 70.9 Å². The van der Waals surface area contributed by atoms with E-state index in [0.717, 1.165) is 0 Å². The Morgan fingerprint density at radius 3 is 2.30 bits per heavy atom. The molecule has 62 valence electrons. The number of unbranched alkanes of at least 4 members (excludes halogenated alkanes) is 2. The van der Waals surface area contributed by atoms with Crippen molar-refractivity contribution < 1.29 is 0 Å². The molecule has 0 aliphatic heterocycles. The van der Waals surface area contributed by atoms with Gasteiger partial charge in [0.1, 0.15) is 0 Å². The summed E-state index contributed by atoms with van der Waals surface area (Å²) in [4.78, 5) is 0. The molecule has 0 spiro atoms. The first-order valence-corrected chi connectivity index (χ1v) is 6.61. The van der Waals surface area contributed by atoms with Crippen LogP contribution in [0, 0.1) is 0 Å². The molecule has 0 bridgehead atoms. The third-order valence-corrected chi connectivity index (χ3v) is 5.08. The predicted molar refractivity (Wildman–Crippen MR) is 52.3 cm³/mol. The van der Waals surface area contributed by atoms with E-state index in [9.17, 15) is 0 Å². The maximum absolute atomic E-state index is 6.12. The van der Waals surface area contributed by atoms with Gasteiger partial charge in [-0.05, 0) is 25.5 Å². The summed E-state index contributed by atoms with van der Waals surface area (Å²) in [5.41, 5.74) is 0.702. The maximum atomic E-state index is 6.12. The van der Waals surface area contributed by atoms with Crippen molar-refractivity contribution in [2.45, 2.75) is 45.7 Å². The Bertz CT molecular complexity index is 73.7. The number of halogens is 1. The lowest BCUT2D eigenvalue weighted by Gasteiger charge is -2.12. The molecule has 0 aliphatic rings. The lowest BCUT2D eigenvalue weighted by molar-refractivity contribution is 0.775. The number of rotatable bonds is 5. The quantitative estimate of drug-likeness (QED) is 0.439. The van der Waals surface area contributed by atoms with Crippen molar-refractivity contribution in [3.05, 3.63) is 0 Å². The topological polar surface area (TPSA) is 0 Å². The fourth-order valence-corrected chi connectivity index (χ4v) is 2.17. The molecule has 10 heavy (non-hydrogen) atoms. The van der Waals surface area contributed by atoms with Crippen LogP contribution >= 0.6 is 18.5 Å². The Morgan fingerprint density at radius 1 is 1.30 bits per heavy atom. The van der Waals surface area contributed by atoms with Gasteiger partial charge in [-0.1, -0.05) is 44.9 Å². The summed E-state index contributed by atoms with van der Waals surface area (Å²) in [6, 6.07) is 0. The van der Waals surface area contributed by atoms with Crippen LogP contribution in [0.2, 0.25) is 0 Å². The van der Waals surface area contributed by atoms with Gasteiger partial charge >= 0.3 is 0 Å². The van der Waals surface area contributed by atoms with Crippen LogP contribution in [0.4, 0.5) is 0 Å². The second-order valence-corrected chi connectivity index (χ2v) is 6.51.